The second kappa shape index (κ2) is 9.32. The van der Waals surface area contributed by atoms with Crippen LogP contribution < -0.4 is 5.73 Å². The summed E-state index contributed by atoms with van der Waals surface area (Å²) in [7, 11) is 0. The van der Waals surface area contributed by atoms with Gasteiger partial charge in [-0.25, -0.2) is 0 Å². The fraction of sp³-hybridized carbons (Fsp3) is 0.292. The van der Waals surface area contributed by atoms with Crippen molar-refractivity contribution in [1.29, 1.82) is 10.8 Å². The molecule has 1 fully saturated rings. The van der Waals surface area contributed by atoms with Gasteiger partial charge in [0.2, 0.25) is 0 Å². The first kappa shape index (κ1) is 20.4. The van der Waals surface area contributed by atoms with E-state index in [0.717, 1.165) is 22.5 Å². The van der Waals surface area contributed by atoms with E-state index in [9.17, 15) is 0 Å². The first-order valence-electron chi connectivity index (χ1n) is 10.4. The largest absolute Gasteiger partial charge is 0.398 e. The molecule has 5 nitrogen and oxygen atoms in total. The van der Waals surface area contributed by atoms with E-state index >= 15 is 0 Å². The maximum atomic E-state index is 8.58. The van der Waals surface area contributed by atoms with Crippen molar-refractivity contribution in [1.82, 2.24) is 9.88 Å². The molecule has 30 heavy (non-hydrogen) atoms. The van der Waals surface area contributed by atoms with Gasteiger partial charge in [-0.2, -0.15) is 0 Å². The average Bonchev–Trinajstić information content (AvgIpc) is 3.29. The molecule has 154 valence electrons. The van der Waals surface area contributed by atoms with Crippen molar-refractivity contribution in [2.45, 2.75) is 32.2 Å². The van der Waals surface area contributed by atoms with E-state index in [1.807, 2.05) is 30.5 Å². The number of nitrogens with zero attached hydrogens (tertiary/aromatic N) is 2. The third kappa shape index (κ3) is 4.83. The standard InChI is InChI=1S/C24H27N5S/c25-21-8-7-19(23-14-28-16-30-23)13-20(21)24(27)22(26)12-17-5-4-6-18(11-17)15-29-9-2-1-3-10-29/h4-8,11,13-14,16,26-27H,1-3,9-10,12,15,25H2. The fourth-order valence-electron chi connectivity index (χ4n) is 3.95. The summed E-state index contributed by atoms with van der Waals surface area (Å²) in [4.78, 5) is 7.65. The van der Waals surface area contributed by atoms with E-state index in [1.54, 1.807) is 16.8 Å². The van der Waals surface area contributed by atoms with E-state index in [-0.39, 0.29) is 11.4 Å². The summed E-state index contributed by atoms with van der Waals surface area (Å²) in [5, 5.41) is 17.1. The third-order valence-electron chi connectivity index (χ3n) is 5.57. The van der Waals surface area contributed by atoms with E-state index in [0.29, 0.717) is 17.7 Å². The van der Waals surface area contributed by atoms with Gasteiger partial charge in [-0.1, -0.05) is 36.8 Å². The lowest BCUT2D eigenvalue weighted by atomic mass is 9.96. The van der Waals surface area contributed by atoms with Crippen LogP contribution in [0.3, 0.4) is 0 Å². The topological polar surface area (TPSA) is 89.9 Å². The van der Waals surface area contributed by atoms with Gasteiger partial charge in [-0.15, -0.1) is 11.3 Å². The number of likely N-dealkylation sites (tertiary alicyclic amines) is 1. The molecule has 4 N–H and O–H groups in total. The minimum absolute atomic E-state index is 0.181. The smallest absolute Gasteiger partial charge is 0.0844 e. The van der Waals surface area contributed by atoms with Crippen LogP contribution in [0.25, 0.3) is 10.4 Å². The van der Waals surface area contributed by atoms with Crippen molar-refractivity contribution < 1.29 is 0 Å². The monoisotopic (exact) mass is 417 g/mol. The van der Waals surface area contributed by atoms with Gasteiger partial charge < -0.3 is 11.1 Å². The Morgan fingerprint density at radius 2 is 1.83 bits per heavy atom. The Hall–Kier alpha value is -2.83. The normalized spacial score (nSPS) is 14.5. The lowest BCUT2D eigenvalue weighted by Gasteiger charge is -2.26. The second-order valence-electron chi connectivity index (χ2n) is 7.85. The Labute approximate surface area is 181 Å². The lowest BCUT2D eigenvalue weighted by molar-refractivity contribution is 0.221. The Morgan fingerprint density at radius 1 is 1.03 bits per heavy atom. The quantitative estimate of drug-likeness (QED) is 0.373. The van der Waals surface area contributed by atoms with Crippen molar-refractivity contribution in [3.8, 4) is 10.4 Å². The lowest BCUT2D eigenvalue weighted by Crippen LogP contribution is -2.29. The molecule has 1 saturated heterocycles. The number of piperidine rings is 1. The highest BCUT2D eigenvalue weighted by molar-refractivity contribution is 7.13. The first-order valence-corrected chi connectivity index (χ1v) is 11.2. The number of hydrogen-bond acceptors (Lipinski definition) is 6. The number of nitrogens with two attached hydrogens (primary N) is 1. The summed E-state index contributed by atoms with van der Waals surface area (Å²) in [6, 6.07) is 14.1. The number of aromatic nitrogens is 1. The number of hydrogen-bond donors (Lipinski definition) is 3. The number of anilines is 1. The summed E-state index contributed by atoms with van der Waals surface area (Å²) >= 11 is 1.55. The Morgan fingerprint density at radius 3 is 2.60 bits per heavy atom. The van der Waals surface area contributed by atoms with Gasteiger partial charge in [-0.05, 0) is 54.8 Å². The molecule has 0 spiro atoms. The van der Waals surface area contributed by atoms with Crippen LogP contribution in [0.2, 0.25) is 0 Å². The third-order valence-corrected chi connectivity index (χ3v) is 6.39. The molecule has 2 heterocycles. The number of nitrogens with one attached hydrogen (secondary N) is 2. The average molecular weight is 418 g/mol. The summed E-state index contributed by atoms with van der Waals surface area (Å²) in [5.74, 6) is 0. The summed E-state index contributed by atoms with van der Waals surface area (Å²) in [5.41, 5.74) is 12.8. The number of thiazole rings is 1. The molecule has 1 aliphatic heterocycles. The minimum Gasteiger partial charge on any atom is -0.398 e. The first-order chi connectivity index (χ1) is 14.6. The summed E-state index contributed by atoms with van der Waals surface area (Å²) in [6.07, 6.45) is 6.13. The van der Waals surface area contributed by atoms with Gasteiger partial charge in [0, 0.05) is 30.4 Å². The predicted molar refractivity (Wildman–Crippen MR) is 126 cm³/mol. The van der Waals surface area contributed by atoms with Crippen LogP contribution in [-0.4, -0.2) is 34.4 Å². The zero-order chi connectivity index (χ0) is 20.9. The Bertz CT molecular complexity index is 1040. The molecule has 0 radical (unpaired) electrons. The van der Waals surface area contributed by atoms with Crippen molar-refractivity contribution >= 4 is 28.4 Å². The number of benzene rings is 2. The van der Waals surface area contributed by atoms with Crippen LogP contribution in [0, 0.1) is 10.8 Å². The molecule has 0 amide bonds. The minimum atomic E-state index is 0.181. The molecule has 0 aliphatic carbocycles. The molecular weight excluding hydrogens is 390 g/mol. The van der Waals surface area contributed by atoms with Crippen molar-refractivity contribution in [3.05, 3.63) is 70.9 Å². The van der Waals surface area contributed by atoms with E-state index in [2.05, 4.69) is 28.1 Å². The number of nitrogen functional groups attached to an aromatic ring is 1. The SMILES string of the molecule is N=C(Cc1cccc(CN2CCCCC2)c1)C(=N)c1cc(-c2cncs2)ccc1N. The van der Waals surface area contributed by atoms with Gasteiger partial charge in [-0.3, -0.25) is 15.3 Å². The second-order valence-corrected chi connectivity index (χ2v) is 8.74. The molecule has 0 atom stereocenters. The fourth-order valence-corrected chi connectivity index (χ4v) is 4.57. The van der Waals surface area contributed by atoms with Gasteiger partial charge >= 0.3 is 0 Å². The van der Waals surface area contributed by atoms with Crippen LogP contribution in [0.1, 0.15) is 36.0 Å². The highest BCUT2D eigenvalue weighted by atomic mass is 32.1. The van der Waals surface area contributed by atoms with Gasteiger partial charge in [0.1, 0.15) is 0 Å². The van der Waals surface area contributed by atoms with Crippen LogP contribution >= 0.6 is 11.3 Å². The highest BCUT2D eigenvalue weighted by Gasteiger charge is 2.15. The zero-order valence-electron chi connectivity index (χ0n) is 17.0. The van der Waals surface area contributed by atoms with Crippen LogP contribution in [0.5, 0.6) is 0 Å². The summed E-state index contributed by atoms with van der Waals surface area (Å²) in [6.45, 7) is 3.29. The van der Waals surface area contributed by atoms with Gasteiger partial charge in [0.25, 0.3) is 0 Å². The number of rotatable bonds is 7. The molecular formula is C24H27N5S. The zero-order valence-corrected chi connectivity index (χ0v) is 17.8. The maximum Gasteiger partial charge on any atom is 0.0844 e. The molecule has 0 bridgehead atoms. The van der Waals surface area contributed by atoms with Gasteiger partial charge in [0.05, 0.1) is 21.8 Å². The molecule has 6 heteroatoms. The molecule has 4 rings (SSSR count). The predicted octanol–water partition coefficient (Wildman–Crippen LogP) is 5.01. The van der Waals surface area contributed by atoms with E-state index in [1.165, 1.54) is 37.9 Å². The van der Waals surface area contributed by atoms with Crippen LogP contribution in [-0.2, 0) is 13.0 Å². The molecule has 2 aromatic carbocycles. The summed E-state index contributed by atoms with van der Waals surface area (Å²) < 4.78 is 0. The van der Waals surface area contributed by atoms with Gasteiger partial charge in [0.15, 0.2) is 0 Å². The van der Waals surface area contributed by atoms with E-state index < -0.39 is 0 Å². The van der Waals surface area contributed by atoms with Crippen molar-refractivity contribution in [2.75, 3.05) is 18.8 Å². The Balaban J connectivity index is 1.47. The Kier molecular flexibility index (Phi) is 6.35. The molecule has 1 aromatic heterocycles. The van der Waals surface area contributed by atoms with Crippen molar-refractivity contribution in [3.63, 3.8) is 0 Å². The van der Waals surface area contributed by atoms with Crippen molar-refractivity contribution in [2.24, 2.45) is 0 Å². The molecule has 1 aliphatic rings. The molecule has 0 unspecified atom stereocenters. The maximum absolute atomic E-state index is 8.58. The van der Waals surface area contributed by atoms with Crippen LogP contribution in [0.4, 0.5) is 5.69 Å². The molecule has 0 saturated carbocycles. The van der Waals surface area contributed by atoms with E-state index in [4.69, 9.17) is 16.6 Å². The van der Waals surface area contributed by atoms with Crippen LogP contribution in [0.15, 0.2) is 54.2 Å². The highest BCUT2D eigenvalue weighted by Crippen LogP contribution is 2.27. The molecule has 3 aromatic rings.